The summed E-state index contributed by atoms with van der Waals surface area (Å²) in [5.74, 6) is 2.08. The maximum Gasteiger partial charge on any atom is 0.227 e. The molecule has 1 atom stereocenters. The highest BCUT2D eigenvalue weighted by molar-refractivity contribution is 5.79. The summed E-state index contributed by atoms with van der Waals surface area (Å²) in [4.78, 5) is 14.6. The lowest BCUT2D eigenvalue weighted by atomic mass is 10.0. The van der Waals surface area contributed by atoms with Gasteiger partial charge in [-0.25, -0.2) is 0 Å². The van der Waals surface area contributed by atoms with Gasteiger partial charge in [-0.1, -0.05) is 19.9 Å². The molecule has 1 aromatic rings. The first-order chi connectivity index (χ1) is 10.1. The van der Waals surface area contributed by atoms with E-state index in [-0.39, 0.29) is 5.91 Å². The molecule has 1 amide bonds. The van der Waals surface area contributed by atoms with Gasteiger partial charge in [0.2, 0.25) is 5.91 Å². The minimum absolute atomic E-state index is 0.207. The quantitative estimate of drug-likeness (QED) is 0.837. The van der Waals surface area contributed by atoms with E-state index in [1.165, 1.54) is 0 Å². The van der Waals surface area contributed by atoms with Crippen molar-refractivity contribution in [3.63, 3.8) is 0 Å². The van der Waals surface area contributed by atoms with Crippen molar-refractivity contribution in [1.29, 1.82) is 0 Å². The number of carbonyl (C=O) groups excluding carboxylic acids is 1. The topological polar surface area (TPSA) is 38.8 Å². The van der Waals surface area contributed by atoms with Gasteiger partial charge in [0.05, 0.1) is 20.6 Å². The number of methoxy groups -OCH3 is 2. The second kappa shape index (κ2) is 6.83. The summed E-state index contributed by atoms with van der Waals surface area (Å²) in [6.45, 7) is 5.26. The van der Waals surface area contributed by atoms with Crippen LogP contribution in [0, 0.1) is 5.92 Å². The SMILES string of the molecule is COc1ccc(CC(=O)N2CCCC2C(C)C)cc1OC. The maximum atomic E-state index is 12.5. The van der Waals surface area contributed by atoms with Gasteiger partial charge in [-0.05, 0) is 36.5 Å². The molecular weight excluding hydrogens is 266 g/mol. The van der Waals surface area contributed by atoms with Crippen molar-refractivity contribution in [2.45, 2.75) is 39.2 Å². The molecule has 0 spiro atoms. The average Bonchev–Trinajstić information content (AvgIpc) is 2.96. The van der Waals surface area contributed by atoms with E-state index in [0.717, 1.165) is 24.9 Å². The molecule has 4 heteroatoms. The normalized spacial score (nSPS) is 18.1. The minimum Gasteiger partial charge on any atom is -0.493 e. The molecule has 1 fully saturated rings. The molecular formula is C17H25NO3. The van der Waals surface area contributed by atoms with Gasteiger partial charge >= 0.3 is 0 Å². The zero-order chi connectivity index (χ0) is 15.4. The number of rotatable bonds is 5. The fourth-order valence-electron chi connectivity index (χ4n) is 3.06. The number of benzene rings is 1. The van der Waals surface area contributed by atoms with E-state index in [4.69, 9.17) is 9.47 Å². The Morgan fingerprint density at radius 2 is 2.00 bits per heavy atom. The Morgan fingerprint density at radius 3 is 2.62 bits per heavy atom. The van der Waals surface area contributed by atoms with Crippen molar-refractivity contribution in [1.82, 2.24) is 4.90 Å². The lowest BCUT2D eigenvalue weighted by Gasteiger charge is -2.27. The minimum atomic E-state index is 0.207. The van der Waals surface area contributed by atoms with Crippen LogP contribution in [0.2, 0.25) is 0 Å². The van der Waals surface area contributed by atoms with Crippen LogP contribution in [0.4, 0.5) is 0 Å². The summed E-state index contributed by atoms with van der Waals surface area (Å²) in [6, 6.07) is 6.06. The molecule has 1 heterocycles. The van der Waals surface area contributed by atoms with Gasteiger partial charge in [0, 0.05) is 12.6 Å². The molecule has 0 aliphatic carbocycles. The first kappa shape index (κ1) is 15.7. The molecule has 1 aliphatic heterocycles. The largest absolute Gasteiger partial charge is 0.493 e. The second-order valence-corrected chi connectivity index (χ2v) is 5.91. The lowest BCUT2D eigenvalue weighted by Crippen LogP contribution is -2.39. The molecule has 1 saturated heterocycles. The van der Waals surface area contributed by atoms with Crippen molar-refractivity contribution >= 4 is 5.91 Å². The molecule has 0 aromatic heterocycles. The Balaban J connectivity index is 2.09. The fraction of sp³-hybridized carbons (Fsp3) is 0.588. The first-order valence-corrected chi connectivity index (χ1v) is 7.57. The summed E-state index contributed by atoms with van der Waals surface area (Å²) < 4.78 is 10.5. The van der Waals surface area contributed by atoms with Crippen LogP contribution in [-0.4, -0.2) is 37.6 Å². The number of nitrogens with zero attached hydrogens (tertiary/aromatic N) is 1. The molecule has 0 N–H and O–H groups in total. The molecule has 21 heavy (non-hydrogen) atoms. The smallest absolute Gasteiger partial charge is 0.227 e. The van der Waals surface area contributed by atoms with Crippen LogP contribution in [0.3, 0.4) is 0 Å². The van der Waals surface area contributed by atoms with Gasteiger partial charge in [0.1, 0.15) is 0 Å². The van der Waals surface area contributed by atoms with Gasteiger partial charge in [0.15, 0.2) is 11.5 Å². The van der Waals surface area contributed by atoms with Crippen LogP contribution in [0.25, 0.3) is 0 Å². The Hall–Kier alpha value is -1.71. The zero-order valence-corrected chi connectivity index (χ0v) is 13.4. The summed E-state index contributed by atoms with van der Waals surface area (Å²) in [6.07, 6.45) is 2.65. The molecule has 0 radical (unpaired) electrons. The van der Waals surface area contributed by atoms with E-state index < -0.39 is 0 Å². The monoisotopic (exact) mass is 291 g/mol. The fourth-order valence-corrected chi connectivity index (χ4v) is 3.06. The number of amides is 1. The van der Waals surface area contributed by atoms with E-state index in [0.29, 0.717) is 29.9 Å². The van der Waals surface area contributed by atoms with E-state index in [1.54, 1.807) is 14.2 Å². The van der Waals surface area contributed by atoms with E-state index >= 15 is 0 Å². The number of hydrogen-bond donors (Lipinski definition) is 0. The summed E-state index contributed by atoms with van der Waals surface area (Å²) in [5.41, 5.74) is 0.965. The zero-order valence-electron chi connectivity index (χ0n) is 13.4. The number of likely N-dealkylation sites (tertiary alicyclic amines) is 1. The molecule has 1 aliphatic rings. The molecule has 0 saturated carbocycles. The van der Waals surface area contributed by atoms with Crippen LogP contribution in [0.5, 0.6) is 11.5 Å². The lowest BCUT2D eigenvalue weighted by molar-refractivity contribution is -0.132. The van der Waals surface area contributed by atoms with Gasteiger partial charge in [0.25, 0.3) is 0 Å². The van der Waals surface area contributed by atoms with Crippen LogP contribution in [-0.2, 0) is 11.2 Å². The van der Waals surface area contributed by atoms with Crippen molar-refractivity contribution < 1.29 is 14.3 Å². The van der Waals surface area contributed by atoms with Crippen LogP contribution in [0.1, 0.15) is 32.3 Å². The van der Waals surface area contributed by atoms with Crippen molar-refractivity contribution in [2.75, 3.05) is 20.8 Å². The molecule has 4 nitrogen and oxygen atoms in total. The van der Waals surface area contributed by atoms with Gasteiger partial charge < -0.3 is 14.4 Å². The standard InChI is InChI=1S/C17H25NO3/c1-12(2)14-6-5-9-18(14)17(19)11-13-7-8-15(20-3)16(10-13)21-4/h7-8,10,12,14H,5-6,9,11H2,1-4H3. The third kappa shape index (κ3) is 3.49. The Labute approximate surface area is 127 Å². The number of carbonyl (C=O) groups is 1. The molecule has 1 unspecified atom stereocenters. The Kier molecular flexibility index (Phi) is 5.10. The first-order valence-electron chi connectivity index (χ1n) is 7.57. The van der Waals surface area contributed by atoms with Crippen LogP contribution >= 0.6 is 0 Å². The second-order valence-electron chi connectivity index (χ2n) is 5.91. The predicted molar refractivity (Wildman–Crippen MR) is 82.8 cm³/mol. The predicted octanol–water partition coefficient (Wildman–Crippen LogP) is 2.89. The molecule has 1 aromatic carbocycles. The van der Waals surface area contributed by atoms with E-state index in [1.807, 2.05) is 23.1 Å². The average molecular weight is 291 g/mol. The van der Waals surface area contributed by atoms with E-state index in [2.05, 4.69) is 13.8 Å². The molecule has 2 rings (SSSR count). The van der Waals surface area contributed by atoms with Gasteiger partial charge in [-0.3, -0.25) is 4.79 Å². The number of hydrogen-bond acceptors (Lipinski definition) is 3. The van der Waals surface area contributed by atoms with Crippen molar-refractivity contribution in [3.8, 4) is 11.5 Å². The van der Waals surface area contributed by atoms with Crippen molar-refractivity contribution in [3.05, 3.63) is 23.8 Å². The van der Waals surface area contributed by atoms with Gasteiger partial charge in [-0.15, -0.1) is 0 Å². The highest BCUT2D eigenvalue weighted by Crippen LogP contribution is 2.29. The maximum absolute atomic E-state index is 12.5. The van der Waals surface area contributed by atoms with Crippen LogP contribution in [0.15, 0.2) is 18.2 Å². The third-order valence-electron chi connectivity index (χ3n) is 4.19. The van der Waals surface area contributed by atoms with E-state index in [9.17, 15) is 4.79 Å². The number of ether oxygens (including phenoxy) is 2. The highest BCUT2D eigenvalue weighted by Gasteiger charge is 2.30. The molecule has 116 valence electrons. The summed E-state index contributed by atoms with van der Waals surface area (Å²) in [7, 11) is 3.22. The Bertz CT molecular complexity index is 499. The molecule has 0 bridgehead atoms. The van der Waals surface area contributed by atoms with Crippen molar-refractivity contribution in [2.24, 2.45) is 5.92 Å². The summed E-state index contributed by atoms with van der Waals surface area (Å²) >= 11 is 0. The summed E-state index contributed by atoms with van der Waals surface area (Å²) in [5, 5.41) is 0. The highest BCUT2D eigenvalue weighted by atomic mass is 16.5. The third-order valence-corrected chi connectivity index (χ3v) is 4.19. The van der Waals surface area contributed by atoms with Gasteiger partial charge in [-0.2, -0.15) is 0 Å². The van der Waals surface area contributed by atoms with Crippen LogP contribution < -0.4 is 9.47 Å². The Morgan fingerprint density at radius 1 is 1.29 bits per heavy atom.